The molecule has 2 heterocycles. The summed E-state index contributed by atoms with van der Waals surface area (Å²) < 4.78 is 11.6. The molecule has 25 atom stereocenters. The van der Waals surface area contributed by atoms with E-state index in [1.165, 1.54) is 18.2 Å². The molecule has 0 aromatic heterocycles. The molecule has 0 aromatic carbocycles. The van der Waals surface area contributed by atoms with Crippen molar-refractivity contribution in [2.75, 3.05) is 6.61 Å². The average Bonchev–Trinajstić information content (AvgIpc) is 2.52. The topological polar surface area (TPSA) is 443 Å². The van der Waals surface area contributed by atoms with E-state index in [-0.39, 0.29) is 82.8 Å². The fourth-order valence-corrected chi connectivity index (χ4v) is 10.6. The quantitative estimate of drug-likeness (QED) is 0.0220. The van der Waals surface area contributed by atoms with Crippen LogP contribution in [-0.4, -0.2) is 260 Å². The van der Waals surface area contributed by atoms with Crippen LogP contribution < -0.4 is 0 Å². The molecule has 2 saturated heterocycles. The molecule has 23 nitrogen and oxygen atoms in total. The maximum atomic E-state index is 11.2. The third-order valence-corrected chi connectivity index (χ3v) is 16.4. The van der Waals surface area contributed by atoms with E-state index in [1.807, 2.05) is 42.5 Å². The van der Waals surface area contributed by atoms with Gasteiger partial charge in [0.15, 0.2) is 0 Å². The van der Waals surface area contributed by atoms with Crippen molar-refractivity contribution in [2.45, 2.75) is 289 Å². The van der Waals surface area contributed by atoms with Gasteiger partial charge in [-0.15, -0.1) is 6.58 Å². The number of rotatable bonds is 46. The van der Waals surface area contributed by atoms with Crippen LogP contribution in [0.2, 0.25) is 0 Å². The summed E-state index contributed by atoms with van der Waals surface area (Å²) in [6, 6.07) is 0. The van der Waals surface area contributed by atoms with Crippen LogP contribution >= 0.6 is 0 Å². The Labute approximate surface area is 525 Å². The highest BCUT2D eigenvalue weighted by Gasteiger charge is 2.47. The molecule has 0 aliphatic carbocycles. The maximum absolute atomic E-state index is 11.2. The van der Waals surface area contributed by atoms with Gasteiger partial charge in [-0.2, -0.15) is 0 Å². The van der Waals surface area contributed by atoms with Gasteiger partial charge in [-0.1, -0.05) is 104 Å². The third-order valence-electron chi connectivity index (χ3n) is 16.4. The van der Waals surface area contributed by atoms with Crippen molar-refractivity contribution in [1.29, 1.82) is 0 Å². The molecule has 0 spiro atoms. The summed E-state index contributed by atoms with van der Waals surface area (Å²) in [4.78, 5) is 0. The highest BCUT2D eigenvalue weighted by atomic mass is 16.6. The van der Waals surface area contributed by atoms with Gasteiger partial charge in [-0.25, -0.2) is 0 Å². The second kappa shape index (κ2) is 45.1. The summed E-state index contributed by atoms with van der Waals surface area (Å²) in [5, 5.41) is 223. The van der Waals surface area contributed by atoms with Crippen LogP contribution in [0.1, 0.15) is 142 Å². The molecule has 2 fully saturated rings. The molecule has 2 aliphatic heterocycles. The smallest absolute Gasteiger partial charge is 0.115 e. The number of hydrogen-bond donors (Lipinski definition) is 21. The SMILES string of the molecule is C=CCCC=CC=CC=CCCC=CC(O)C(O)C1OC(C(O)C(O)C(=C)CCC(O)C2CC(O)C(O)C(C(O)C(O)C=C(C)CCC(O)CC(O)C(O)C(C)CC(O)C(O)CCCC(O)CCCC(O)C=CCC(O)C=CCC(O)CO)O2)CC(O)C1O. The molecule has 0 saturated carbocycles. The van der Waals surface area contributed by atoms with Crippen LogP contribution in [0.3, 0.4) is 0 Å². The van der Waals surface area contributed by atoms with Crippen molar-refractivity contribution in [3.05, 3.63) is 109 Å². The van der Waals surface area contributed by atoms with Crippen molar-refractivity contribution in [1.82, 2.24) is 0 Å². The summed E-state index contributed by atoms with van der Waals surface area (Å²) in [5.41, 5.74) is 0.470. The Bertz CT molecular complexity index is 2120. The molecule has 25 unspecified atom stereocenters. The van der Waals surface area contributed by atoms with Gasteiger partial charge in [0.1, 0.15) is 61.0 Å². The maximum Gasteiger partial charge on any atom is 0.115 e. The largest absolute Gasteiger partial charge is 0.394 e. The lowest BCUT2D eigenvalue weighted by Crippen LogP contribution is -2.59. The van der Waals surface area contributed by atoms with Crippen LogP contribution in [0, 0.1) is 5.92 Å². The summed E-state index contributed by atoms with van der Waals surface area (Å²) >= 11 is 0. The van der Waals surface area contributed by atoms with E-state index in [0.29, 0.717) is 50.5 Å². The first-order valence-corrected chi connectivity index (χ1v) is 31.6. The minimum absolute atomic E-state index is 0.00274. The molecule has 0 aromatic rings. The molecule has 23 heteroatoms. The van der Waals surface area contributed by atoms with E-state index in [2.05, 4.69) is 13.2 Å². The lowest BCUT2D eigenvalue weighted by atomic mass is 9.87. The number of hydrogen-bond acceptors (Lipinski definition) is 23. The number of aliphatic hydroxyl groups excluding tert-OH is 21. The minimum atomic E-state index is -1.83. The first-order chi connectivity index (χ1) is 42.1. The number of aliphatic hydroxyl groups is 21. The van der Waals surface area contributed by atoms with Gasteiger partial charge in [-0.3, -0.25) is 0 Å². The Kier molecular flexibility index (Phi) is 41.5. The Morgan fingerprint density at radius 1 is 0.517 bits per heavy atom. The first kappa shape index (κ1) is 81.8. The van der Waals surface area contributed by atoms with Gasteiger partial charge >= 0.3 is 0 Å². The molecule has 0 bridgehead atoms. The Hall–Kier alpha value is -3.26. The zero-order valence-corrected chi connectivity index (χ0v) is 52.0. The standard InChI is InChI=1S/C66H112O23/c1-5-6-7-8-9-10-11-12-13-14-15-16-28-50(75)60(83)65-63(86)55(80)38-57(89-65)64(87)59(82)41(3)31-33-49(74)56-37-54(79)62(85)66(88-56)61(84)52(77)34-40(2)30-32-46(71)36-53(78)58(81)42(4)35-51(76)48(73)29-20-26-45(70)24-18-22-43(68)21-17-23-44(69)25-19-27-47(72)39-67/h5,8-13,16-17,19,21,25,28,34,42-87H,1,3,6-7,14-15,18,20,22-24,26-27,29-33,35-39H2,2,4H3. The lowest BCUT2D eigenvalue weighted by Gasteiger charge is -2.42. The molecule has 21 N–H and O–H groups in total. The van der Waals surface area contributed by atoms with E-state index >= 15 is 0 Å². The van der Waals surface area contributed by atoms with Crippen molar-refractivity contribution >= 4 is 0 Å². The molecule has 2 rings (SSSR count). The van der Waals surface area contributed by atoms with Crippen molar-refractivity contribution in [3.63, 3.8) is 0 Å². The number of unbranched alkanes of at least 4 members (excludes halogenated alkanes) is 2. The van der Waals surface area contributed by atoms with Crippen LogP contribution in [0.15, 0.2) is 109 Å². The Morgan fingerprint density at radius 2 is 1.07 bits per heavy atom. The van der Waals surface area contributed by atoms with Crippen LogP contribution in [0.25, 0.3) is 0 Å². The number of ether oxygens (including phenoxy) is 2. The summed E-state index contributed by atoms with van der Waals surface area (Å²) in [5.74, 6) is -0.707. The van der Waals surface area contributed by atoms with Crippen LogP contribution in [0.4, 0.5) is 0 Å². The van der Waals surface area contributed by atoms with Crippen LogP contribution in [0.5, 0.6) is 0 Å². The molecular formula is C66H112O23. The fourth-order valence-electron chi connectivity index (χ4n) is 10.6. The van der Waals surface area contributed by atoms with Crippen molar-refractivity contribution in [2.24, 2.45) is 5.92 Å². The van der Waals surface area contributed by atoms with Crippen molar-refractivity contribution in [3.8, 4) is 0 Å². The Morgan fingerprint density at radius 3 is 1.69 bits per heavy atom. The first-order valence-electron chi connectivity index (χ1n) is 31.6. The molecule has 2 aliphatic rings. The highest BCUT2D eigenvalue weighted by molar-refractivity contribution is 5.13. The normalized spacial score (nSPS) is 27.5. The van der Waals surface area contributed by atoms with E-state index < -0.39 is 152 Å². The zero-order valence-electron chi connectivity index (χ0n) is 52.0. The summed E-state index contributed by atoms with van der Waals surface area (Å²) in [7, 11) is 0. The highest BCUT2D eigenvalue weighted by Crippen LogP contribution is 2.32. The van der Waals surface area contributed by atoms with Gasteiger partial charge < -0.3 is 117 Å². The molecule has 89 heavy (non-hydrogen) atoms. The van der Waals surface area contributed by atoms with Gasteiger partial charge in [0, 0.05) is 19.3 Å². The molecule has 0 radical (unpaired) electrons. The van der Waals surface area contributed by atoms with Gasteiger partial charge in [0.25, 0.3) is 0 Å². The van der Waals surface area contributed by atoms with Crippen molar-refractivity contribution < 1.29 is 117 Å². The lowest BCUT2D eigenvalue weighted by molar-refractivity contribution is -0.234. The Balaban J connectivity index is 1.80. The number of allylic oxidation sites excluding steroid dienone is 9. The predicted molar refractivity (Wildman–Crippen MR) is 334 cm³/mol. The average molecular weight is 1270 g/mol. The zero-order chi connectivity index (χ0) is 66.8. The van der Waals surface area contributed by atoms with E-state index in [0.717, 1.165) is 12.8 Å². The predicted octanol–water partition coefficient (Wildman–Crippen LogP) is 0.195. The second-order valence-corrected chi connectivity index (χ2v) is 24.3. The van der Waals surface area contributed by atoms with Gasteiger partial charge in [-0.05, 0) is 128 Å². The van der Waals surface area contributed by atoms with E-state index in [4.69, 9.17) is 14.6 Å². The van der Waals surface area contributed by atoms with E-state index in [1.54, 1.807) is 38.2 Å². The molecule has 0 amide bonds. The molecule has 514 valence electrons. The second-order valence-electron chi connectivity index (χ2n) is 24.3. The molecular weight excluding hydrogens is 1160 g/mol. The third kappa shape index (κ3) is 32.0. The monoisotopic (exact) mass is 1270 g/mol. The fraction of sp³-hybridized carbons (Fsp3) is 0.727. The van der Waals surface area contributed by atoms with Gasteiger partial charge in [0.2, 0.25) is 0 Å². The summed E-state index contributed by atoms with van der Waals surface area (Å²) in [6.07, 6.45) is -5.03. The summed E-state index contributed by atoms with van der Waals surface area (Å²) in [6.45, 7) is 10.3. The van der Waals surface area contributed by atoms with Gasteiger partial charge in [0.05, 0.1) is 92.1 Å². The minimum Gasteiger partial charge on any atom is -0.394 e. The van der Waals surface area contributed by atoms with Crippen LogP contribution in [-0.2, 0) is 9.47 Å². The van der Waals surface area contributed by atoms with E-state index in [9.17, 15) is 102 Å².